The van der Waals surface area contributed by atoms with Crippen LogP contribution in [0.2, 0.25) is 0 Å². The molecule has 0 aliphatic heterocycles. The summed E-state index contributed by atoms with van der Waals surface area (Å²) in [5, 5.41) is 4.53. The van der Waals surface area contributed by atoms with Crippen LogP contribution in [-0.2, 0) is 0 Å². The van der Waals surface area contributed by atoms with E-state index >= 15 is 0 Å². The van der Waals surface area contributed by atoms with Crippen LogP contribution >= 0.6 is 0 Å². The maximum absolute atomic E-state index is 6.19. The van der Waals surface area contributed by atoms with Crippen molar-refractivity contribution >= 4 is 17.2 Å². The van der Waals surface area contributed by atoms with Gasteiger partial charge in [-0.25, -0.2) is 4.68 Å². The van der Waals surface area contributed by atoms with Crippen LogP contribution in [-0.4, -0.2) is 16.8 Å². The highest BCUT2D eigenvalue weighted by Gasteiger charge is 2.19. The van der Waals surface area contributed by atoms with E-state index in [2.05, 4.69) is 55.0 Å². The Morgan fingerprint density at radius 2 is 1.95 bits per heavy atom. The van der Waals surface area contributed by atoms with E-state index in [-0.39, 0.29) is 6.04 Å². The Labute approximate surface area is 114 Å². The second kappa shape index (κ2) is 4.96. The monoisotopic (exact) mass is 258 g/mol. The molecule has 102 valence electrons. The topological polar surface area (TPSA) is 47.1 Å². The average Bonchev–Trinajstić information content (AvgIpc) is 2.65. The summed E-state index contributed by atoms with van der Waals surface area (Å²) in [5.41, 5.74) is 10.2. The summed E-state index contributed by atoms with van der Waals surface area (Å²) in [6.45, 7) is 8.26. The molecule has 2 N–H and O–H groups in total. The molecular weight excluding hydrogens is 236 g/mol. The smallest absolute Gasteiger partial charge is 0.155 e. The summed E-state index contributed by atoms with van der Waals surface area (Å²) in [4.78, 5) is 2.10. The highest BCUT2D eigenvalue weighted by molar-refractivity contribution is 5.73. The Balaban J connectivity index is 2.52. The van der Waals surface area contributed by atoms with E-state index in [0.29, 0.717) is 0 Å². The first kappa shape index (κ1) is 13.5. The first-order valence-electron chi connectivity index (χ1n) is 6.56. The largest absolute Gasteiger partial charge is 0.394 e. The molecule has 0 fully saturated rings. The number of aromatic nitrogens is 2. The Morgan fingerprint density at radius 1 is 1.26 bits per heavy atom. The van der Waals surface area contributed by atoms with Crippen LogP contribution in [0.1, 0.15) is 31.1 Å². The number of benzene rings is 1. The van der Waals surface area contributed by atoms with Crippen molar-refractivity contribution in [3.8, 4) is 0 Å². The van der Waals surface area contributed by atoms with Crippen LogP contribution in [0.15, 0.2) is 24.3 Å². The molecule has 0 amide bonds. The number of rotatable bonds is 3. The minimum absolute atomic E-state index is 0.276. The summed E-state index contributed by atoms with van der Waals surface area (Å²) in [6, 6.07) is 8.65. The molecule has 0 atom stereocenters. The molecule has 2 aromatic rings. The molecule has 0 bridgehead atoms. The van der Waals surface area contributed by atoms with Crippen LogP contribution < -0.4 is 10.6 Å². The van der Waals surface area contributed by atoms with Crippen molar-refractivity contribution in [2.45, 2.75) is 33.7 Å². The average molecular weight is 258 g/mol. The fourth-order valence-corrected chi connectivity index (χ4v) is 2.20. The van der Waals surface area contributed by atoms with E-state index in [1.807, 2.05) is 18.7 Å². The molecule has 0 aliphatic carbocycles. The van der Waals surface area contributed by atoms with Gasteiger partial charge in [-0.15, -0.1) is 0 Å². The van der Waals surface area contributed by atoms with E-state index in [4.69, 9.17) is 5.73 Å². The fraction of sp³-hybridized carbons (Fsp3) is 0.400. The Hall–Kier alpha value is -1.97. The van der Waals surface area contributed by atoms with Crippen LogP contribution in [0, 0.1) is 13.8 Å². The molecule has 1 heterocycles. The molecule has 0 saturated carbocycles. The van der Waals surface area contributed by atoms with Gasteiger partial charge < -0.3 is 10.6 Å². The van der Waals surface area contributed by atoms with Crippen molar-refractivity contribution in [2.75, 3.05) is 17.7 Å². The van der Waals surface area contributed by atoms with Gasteiger partial charge in [-0.05, 0) is 45.4 Å². The van der Waals surface area contributed by atoms with Crippen molar-refractivity contribution in [3.05, 3.63) is 35.5 Å². The Morgan fingerprint density at radius 3 is 2.53 bits per heavy atom. The second-order valence-electron chi connectivity index (χ2n) is 5.26. The van der Waals surface area contributed by atoms with Gasteiger partial charge in [0.2, 0.25) is 0 Å². The quantitative estimate of drug-likeness (QED) is 0.917. The molecule has 0 saturated heterocycles. The van der Waals surface area contributed by atoms with Crippen molar-refractivity contribution in [3.63, 3.8) is 0 Å². The lowest BCUT2D eigenvalue weighted by molar-refractivity contribution is 0.531. The molecule has 0 radical (unpaired) electrons. The summed E-state index contributed by atoms with van der Waals surface area (Å²) >= 11 is 0. The Bertz CT molecular complexity index is 584. The van der Waals surface area contributed by atoms with Gasteiger partial charge in [0.05, 0.1) is 11.4 Å². The van der Waals surface area contributed by atoms with Gasteiger partial charge >= 0.3 is 0 Å². The zero-order valence-corrected chi connectivity index (χ0v) is 12.3. The zero-order valence-electron chi connectivity index (χ0n) is 12.3. The van der Waals surface area contributed by atoms with Crippen molar-refractivity contribution in [1.82, 2.24) is 9.78 Å². The van der Waals surface area contributed by atoms with Crippen LogP contribution in [0.3, 0.4) is 0 Å². The fourth-order valence-electron chi connectivity index (χ4n) is 2.20. The number of hydrogen-bond donors (Lipinski definition) is 1. The van der Waals surface area contributed by atoms with Crippen molar-refractivity contribution in [1.29, 1.82) is 0 Å². The lowest BCUT2D eigenvalue weighted by Crippen LogP contribution is -2.17. The standard InChI is InChI=1S/C15H22N4/c1-10(2)19-15(14(16)12(4)17-19)18(5)13-8-6-7-11(3)9-13/h6-10H,16H2,1-5H3. The number of anilines is 3. The van der Waals surface area contributed by atoms with Crippen molar-refractivity contribution in [2.24, 2.45) is 0 Å². The third-order valence-electron chi connectivity index (χ3n) is 3.30. The zero-order chi connectivity index (χ0) is 14.2. The van der Waals surface area contributed by atoms with Crippen molar-refractivity contribution < 1.29 is 0 Å². The SMILES string of the molecule is Cc1cccc(N(C)c2c(N)c(C)nn2C(C)C)c1. The third kappa shape index (κ3) is 2.43. The van der Waals surface area contributed by atoms with E-state index < -0.39 is 0 Å². The number of nitrogen functional groups attached to an aromatic ring is 1. The van der Waals surface area contributed by atoms with E-state index in [9.17, 15) is 0 Å². The summed E-state index contributed by atoms with van der Waals surface area (Å²) in [7, 11) is 2.03. The first-order chi connectivity index (χ1) is 8.91. The molecule has 4 heteroatoms. The number of hydrogen-bond acceptors (Lipinski definition) is 3. The van der Waals surface area contributed by atoms with Crippen LogP contribution in [0.25, 0.3) is 0 Å². The number of aryl methyl sites for hydroxylation is 2. The number of nitrogens with two attached hydrogens (primary N) is 1. The van der Waals surface area contributed by atoms with Gasteiger partial charge in [-0.1, -0.05) is 12.1 Å². The van der Waals surface area contributed by atoms with Gasteiger partial charge in [0, 0.05) is 18.8 Å². The highest BCUT2D eigenvalue weighted by atomic mass is 15.4. The van der Waals surface area contributed by atoms with Crippen LogP contribution in [0.4, 0.5) is 17.2 Å². The molecule has 0 aliphatic rings. The molecule has 19 heavy (non-hydrogen) atoms. The first-order valence-corrected chi connectivity index (χ1v) is 6.56. The van der Waals surface area contributed by atoms with Gasteiger partial charge in [-0.3, -0.25) is 0 Å². The minimum atomic E-state index is 0.276. The molecule has 1 aromatic carbocycles. The van der Waals surface area contributed by atoms with Gasteiger partial charge in [-0.2, -0.15) is 5.10 Å². The second-order valence-corrected chi connectivity index (χ2v) is 5.26. The molecule has 0 unspecified atom stereocenters. The summed E-state index contributed by atoms with van der Waals surface area (Å²) in [6.07, 6.45) is 0. The predicted molar refractivity (Wildman–Crippen MR) is 81.0 cm³/mol. The number of nitrogens with zero attached hydrogens (tertiary/aromatic N) is 3. The Kier molecular flexibility index (Phi) is 3.51. The highest BCUT2D eigenvalue weighted by Crippen LogP contribution is 2.33. The lowest BCUT2D eigenvalue weighted by atomic mass is 10.2. The van der Waals surface area contributed by atoms with Gasteiger partial charge in [0.1, 0.15) is 0 Å². The molecule has 0 spiro atoms. The van der Waals surface area contributed by atoms with Gasteiger partial charge in [0.25, 0.3) is 0 Å². The third-order valence-corrected chi connectivity index (χ3v) is 3.30. The molecule has 1 aromatic heterocycles. The molecule has 4 nitrogen and oxygen atoms in total. The normalized spacial score (nSPS) is 11.1. The van der Waals surface area contributed by atoms with Gasteiger partial charge in [0.15, 0.2) is 5.82 Å². The molecule has 2 rings (SSSR count). The van der Waals surface area contributed by atoms with E-state index in [1.54, 1.807) is 0 Å². The summed E-state index contributed by atoms with van der Waals surface area (Å²) < 4.78 is 1.98. The van der Waals surface area contributed by atoms with E-state index in [0.717, 1.165) is 22.9 Å². The maximum atomic E-state index is 6.19. The minimum Gasteiger partial charge on any atom is -0.394 e. The predicted octanol–water partition coefficient (Wildman–Crippen LogP) is 3.43. The van der Waals surface area contributed by atoms with E-state index in [1.165, 1.54) is 5.56 Å². The molecular formula is C15H22N4. The lowest BCUT2D eigenvalue weighted by Gasteiger charge is -2.23. The van der Waals surface area contributed by atoms with Crippen LogP contribution in [0.5, 0.6) is 0 Å². The summed E-state index contributed by atoms with van der Waals surface area (Å²) in [5.74, 6) is 0.957. The maximum Gasteiger partial charge on any atom is 0.155 e.